The van der Waals surface area contributed by atoms with E-state index in [-0.39, 0.29) is 11.6 Å². The lowest BCUT2D eigenvalue weighted by molar-refractivity contribution is 0.0698. The summed E-state index contributed by atoms with van der Waals surface area (Å²) in [6.07, 6.45) is 0. The Balaban J connectivity index is 2.28. The standard InChI is InChI=1S/C15H13Cl2NO2/c1-9(11-7-6-10(16)8-13(11)17)18-14-5-3-2-4-12(14)15(19)20/h2-9,18H,1H3,(H,19,20). The van der Waals surface area contributed by atoms with E-state index in [2.05, 4.69) is 5.32 Å². The van der Waals surface area contributed by atoms with Crippen molar-refractivity contribution in [2.24, 2.45) is 0 Å². The van der Waals surface area contributed by atoms with E-state index in [0.717, 1.165) is 5.56 Å². The third-order valence-corrected chi connectivity index (χ3v) is 3.52. The Bertz CT molecular complexity index is 644. The lowest BCUT2D eigenvalue weighted by Gasteiger charge is -2.18. The third kappa shape index (κ3) is 3.24. The summed E-state index contributed by atoms with van der Waals surface area (Å²) >= 11 is 12.0. The summed E-state index contributed by atoms with van der Waals surface area (Å²) in [5.41, 5.74) is 1.64. The SMILES string of the molecule is CC(Nc1ccccc1C(=O)O)c1ccc(Cl)cc1Cl. The number of carboxylic acids is 1. The summed E-state index contributed by atoms with van der Waals surface area (Å²) in [5, 5.41) is 13.4. The van der Waals surface area contributed by atoms with E-state index in [9.17, 15) is 4.79 Å². The molecule has 0 amide bonds. The fourth-order valence-electron chi connectivity index (χ4n) is 1.96. The number of hydrogen-bond donors (Lipinski definition) is 2. The van der Waals surface area contributed by atoms with Crippen molar-refractivity contribution in [2.75, 3.05) is 5.32 Å². The van der Waals surface area contributed by atoms with Crippen molar-refractivity contribution in [3.8, 4) is 0 Å². The number of anilines is 1. The maximum atomic E-state index is 11.2. The van der Waals surface area contributed by atoms with Gasteiger partial charge in [0.2, 0.25) is 0 Å². The molecule has 104 valence electrons. The quantitative estimate of drug-likeness (QED) is 0.847. The second-order valence-electron chi connectivity index (χ2n) is 4.38. The van der Waals surface area contributed by atoms with Crippen LogP contribution >= 0.6 is 23.2 Å². The van der Waals surface area contributed by atoms with Crippen LogP contribution in [0.5, 0.6) is 0 Å². The molecule has 0 fully saturated rings. The Hall–Kier alpha value is -1.71. The zero-order valence-electron chi connectivity index (χ0n) is 10.7. The number of benzene rings is 2. The average Bonchev–Trinajstić information content (AvgIpc) is 2.38. The smallest absolute Gasteiger partial charge is 0.337 e. The van der Waals surface area contributed by atoms with Crippen LogP contribution in [-0.4, -0.2) is 11.1 Å². The number of aromatic carboxylic acids is 1. The molecular weight excluding hydrogens is 297 g/mol. The molecule has 1 atom stereocenters. The largest absolute Gasteiger partial charge is 0.478 e. The van der Waals surface area contributed by atoms with Crippen LogP contribution in [0.15, 0.2) is 42.5 Å². The van der Waals surface area contributed by atoms with Crippen molar-refractivity contribution >= 4 is 34.9 Å². The van der Waals surface area contributed by atoms with Crippen LogP contribution in [0.4, 0.5) is 5.69 Å². The topological polar surface area (TPSA) is 49.3 Å². The first-order valence-electron chi connectivity index (χ1n) is 6.03. The van der Waals surface area contributed by atoms with Gasteiger partial charge < -0.3 is 10.4 Å². The van der Waals surface area contributed by atoms with Gasteiger partial charge in [0.1, 0.15) is 0 Å². The van der Waals surface area contributed by atoms with Gasteiger partial charge in [-0.2, -0.15) is 0 Å². The van der Waals surface area contributed by atoms with Crippen molar-refractivity contribution in [3.05, 3.63) is 63.6 Å². The third-order valence-electron chi connectivity index (χ3n) is 2.96. The Morgan fingerprint density at radius 1 is 1.20 bits per heavy atom. The van der Waals surface area contributed by atoms with E-state index in [4.69, 9.17) is 28.3 Å². The summed E-state index contributed by atoms with van der Waals surface area (Å²) in [6.45, 7) is 1.91. The Morgan fingerprint density at radius 2 is 1.90 bits per heavy atom. The van der Waals surface area contributed by atoms with Gasteiger partial charge in [-0.1, -0.05) is 41.4 Å². The molecule has 0 saturated heterocycles. The van der Waals surface area contributed by atoms with E-state index in [1.807, 2.05) is 13.0 Å². The van der Waals surface area contributed by atoms with Crippen LogP contribution in [0.3, 0.4) is 0 Å². The first-order chi connectivity index (χ1) is 9.49. The van der Waals surface area contributed by atoms with Crippen LogP contribution in [0.1, 0.15) is 28.9 Å². The zero-order chi connectivity index (χ0) is 14.7. The molecule has 0 aliphatic carbocycles. The zero-order valence-corrected chi connectivity index (χ0v) is 12.2. The minimum Gasteiger partial charge on any atom is -0.478 e. The molecule has 3 nitrogen and oxygen atoms in total. The molecule has 5 heteroatoms. The highest BCUT2D eigenvalue weighted by Crippen LogP contribution is 2.29. The van der Waals surface area contributed by atoms with Crippen molar-refractivity contribution < 1.29 is 9.90 Å². The van der Waals surface area contributed by atoms with E-state index in [1.165, 1.54) is 0 Å². The molecule has 0 saturated carbocycles. The van der Waals surface area contributed by atoms with Gasteiger partial charge in [-0.05, 0) is 36.8 Å². The van der Waals surface area contributed by atoms with Gasteiger partial charge in [0.05, 0.1) is 11.6 Å². The van der Waals surface area contributed by atoms with Gasteiger partial charge >= 0.3 is 5.97 Å². The highest BCUT2D eigenvalue weighted by atomic mass is 35.5. The first kappa shape index (κ1) is 14.7. The molecule has 0 bridgehead atoms. The lowest BCUT2D eigenvalue weighted by atomic mass is 10.1. The number of nitrogens with one attached hydrogen (secondary N) is 1. The first-order valence-corrected chi connectivity index (χ1v) is 6.78. The predicted molar refractivity (Wildman–Crippen MR) is 81.9 cm³/mol. The average molecular weight is 310 g/mol. The second-order valence-corrected chi connectivity index (χ2v) is 5.23. The summed E-state index contributed by atoms with van der Waals surface area (Å²) < 4.78 is 0. The van der Waals surface area contributed by atoms with Crippen molar-refractivity contribution in [3.63, 3.8) is 0 Å². The summed E-state index contributed by atoms with van der Waals surface area (Å²) in [7, 11) is 0. The molecule has 0 heterocycles. The summed E-state index contributed by atoms with van der Waals surface area (Å²) in [5.74, 6) is -0.970. The van der Waals surface area contributed by atoms with Crippen LogP contribution in [0, 0.1) is 0 Å². The van der Waals surface area contributed by atoms with E-state index in [1.54, 1.807) is 36.4 Å². The van der Waals surface area contributed by atoms with Crippen molar-refractivity contribution in [1.82, 2.24) is 0 Å². The van der Waals surface area contributed by atoms with E-state index >= 15 is 0 Å². The minimum atomic E-state index is -0.970. The molecule has 2 N–H and O–H groups in total. The molecule has 20 heavy (non-hydrogen) atoms. The molecule has 0 aromatic heterocycles. The molecule has 2 rings (SSSR count). The number of rotatable bonds is 4. The Morgan fingerprint density at radius 3 is 2.55 bits per heavy atom. The van der Waals surface area contributed by atoms with Crippen LogP contribution in [0.2, 0.25) is 10.0 Å². The molecular formula is C15H13Cl2NO2. The summed E-state index contributed by atoms with van der Waals surface area (Å²) in [4.78, 5) is 11.2. The highest BCUT2D eigenvalue weighted by molar-refractivity contribution is 6.35. The fourth-order valence-corrected chi connectivity index (χ4v) is 2.53. The predicted octanol–water partition coefficient (Wildman–Crippen LogP) is 4.86. The van der Waals surface area contributed by atoms with Gasteiger partial charge in [0, 0.05) is 15.7 Å². The lowest BCUT2D eigenvalue weighted by Crippen LogP contribution is -2.11. The molecule has 2 aromatic carbocycles. The number of hydrogen-bond acceptors (Lipinski definition) is 2. The van der Waals surface area contributed by atoms with Gasteiger partial charge in [0.15, 0.2) is 0 Å². The fraction of sp³-hybridized carbons (Fsp3) is 0.133. The molecule has 1 unspecified atom stereocenters. The van der Waals surface area contributed by atoms with Crippen molar-refractivity contribution in [2.45, 2.75) is 13.0 Å². The van der Waals surface area contributed by atoms with Crippen LogP contribution < -0.4 is 5.32 Å². The molecule has 0 aliphatic heterocycles. The van der Waals surface area contributed by atoms with Gasteiger partial charge in [-0.3, -0.25) is 0 Å². The Kier molecular flexibility index (Phi) is 4.53. The molecule has 0 spiro atoms. The summed E-state index contributed by atoms with van der Waals surface area (Å²) in [6, 6.07) is 11.9. The molecule has 0 radical (unpaired) electrons. The Labute approximate surface area is 127 Å². The maximum Gasteiger partial charge on any atom is 0.337 e. The van der Waals surface area contributed by atoms with E-state index < -0.39 is 5.97 Å². The second kappa shape index (κ2) is 6.16. The number of para-hydroxylation sites is 1. The number of carbonyl (C=O) groups is 1. The number of carboxylic acid groups (broad SMARTS) is 1. The van der Waals surface area contributed by atoms with Gasteiger partial charge in [0.25, 0.3) is 0 Å². The number of halogens is 2. The van der Waals surface area contributed by atoms with Gasteiger partial charge in [-0.25, -0.2) is 4.79 Å². The minimum absolute atomic E-state index is 0.139. The normalized spacial score (nSPS) is 11.9. The van der Waals surface area contributed by atoms with Gasteiger partial charge in [-0.15, -0.1) is 0 Å². The van der Waals surface area contributed by atoms with Crippen LogP contribution in [0.25, 0.3) is 0 Å². The highest BCUT2D eigenvalue weighted by Gasteiger charge is 2.14. The van der Waals surface area contributed by atoms with E-state index in [0.29, 0.717) is 15.7 Å². The van der Waals surface area contributed by atoms with Crippen LogP contribution in [-0.2, 0) is 0 Å². The molecule has 0 aliphatic rings. The monoisotopic (exact) mass is 309 g/mol. The maximum absolute atomic E-state index is 11.2. The van der Waals surface area contributed by atoms with Crippen molar-refractivity contribution in [1.29, 1.82) is 0 Å². The molecule has 2 aromatic rings.